The zero-order chi connectivity index (χ0) is 27.1. The molecule has 5 rings (SSSR count). The maximum Gasteiger partial charge on any atom is 0.307 e. The number of aliphatic carboxylic acids is 1. The standard InChI is InChI=1S/C23H18ClN5O2S.C4H10O/c1-11-8-16-21(19(15(11)9-18(30)31)13-4-6-14(24)7-5-13)32-23(26-16)22-25-10-17-20(27-22)12(2)28-29(17)3;1-4(2,3)5/h4-8,10H,9H2,1-3H3,(H,30,31);5H,1-3H3. The molecule has 5 aromatic rings. The van der Waals surface area contributed by atoms with Gasteiger partial charge in [0.05, 0.1) is 34.1 Å². The maximum absolute atomic E-state index is 11.6. The molecule has 3 heterocycles. The van der Waals surface area contributed by atoms with Crippen LogP contribution in [0.1, 0.15) is 37.6 Å². The number of thiazole rings is 1. The van der Waals surface area contributed by atoms with E-state index >= 15 is 0 Å². The Morgan fingerprint density at radius 2 is 1.78 bits per heavy atom. The Balaban J connectivity index is 0.000000586. The van der Waals surface area contributed by atoms with Gasteiger partial charge >= 0.3 is 5.97 Å². The SMILES string of the molecule is CC(C)(C)O.Cc1cc2nc(-c3ncc4c(n3)c(C)nn4C)sc2c(-c2ccc(Cl)cc2)c1CC(=O)O. The molecule has 0 aliphatic heterocycles. The predicted molar refractivity (Wildman–Crippen MR) is 148 cm³/mol. The Hall–Kier alpha value is -3.40. The second-order valence-electron chi connectivity index (χ2n) is 9.80. The smallest absolute Gasteiger partial charge is 0.307 e. The van der Waals surface area contributed by atoms with Gasteiger partial charge in [0.2, 0.25) is 0 Å². The molecule has 0 bridgehead atoms. The fourth-order valence-corrected chi connectivity index (χ4v) is 5.14. The van der Waals surface area contributed by atoms with Crippen molar-refractivity contribution < 1.29 is 15.0 Å². The number of fused-ring (bicyclic) bond motifs is 2. The summed E-state index contributed by atoms with van der Waals surface area (Å²) in [5.41, 5.74) is 6.16. The fraction of sp³-hybridized carbons (Fsp3) is 0.296. The first-order chi connectivity index (χ1) is 17.3. The van der Waals surface area contributed by atoms with Crippen molar-refractivity contribution >= 4 is 50.2 Å². The van der Waals surface area contributed by atoms with Crippen molar-refractivity contribution in [3.63, 3.8) is 0 Å². The van der Waals surface area contributed by atoms with Crippen LogP contribution in [0.4, 0.5) is 0 Å². The van der Waals surface area contributed by atoms with Crippen molar-refractivity contribution in [2.24, 2.45) is 7.05 Å². The molecule has 192 valence electrons. The van der Waals surface area contributed by atoms with Crippen molar-refractivity contribution in [1.29, 1.82) is 0 Å². The third kappa shape index (κ3) is 5.95. The first-order valence-electron chi connectivity index (χ1n) is 11.6. The molecule has 0 amide bonds. The summed E-state index contributed by atoms with van der Waals surface area (Å²) in [7, 11) is 1.86. The van der Waals surface area contributed by atoms with Crippen molar-refractivity contribution in [1.82, 2.24) is 24.7 Å². The minimum Gasteiger partial charge on any atom is -0.481 e. The average Bonchev–Trinajstić information content (AvgIpc) is 3.34. The Kier molecular flexibility index (Phi) is 7.32. The lowest BCUT2D eigenvalue weighted by Gasteiger charge is -2.13. The summed E-state index contributed by atoms with van der Waals surface area (Å²) >= 11 is 7.55. The molecule has 37 heavy (non-hydrogen) atoms. The van der Waals surface area contributed by atoms with Gasteiger partial charge in [0, 0.05) is 17.6 Å². The van der Waals surface area contributed by atoms with Gasteiger partial charge in [0.15, 0.2) is 10.8 Å². The van der Waals surface area contributed by atoms with Crippen LogP contribution in [-0.4, -0.2) is 46.5 Å². The van der Waals surface area contributed by atoms with E-state index in [4.69, 9.17) is 26.7 Å². The molecule has 10 heteroatoms. The second-order valence-corrected chi connectivity index (χ2v) is 11.2. The van der Waals surface area contributed by atoms with Crippen molar-refractivity contribution in [2.45, 2.75) is 46.6 Å². The van der Waals surface area contributed by atoms with Crippen molar-refractivity contribution in [3.8, 4) is 22.0 Å². The summed E-state index contributed by atoms with van der Waals surface area (Å²) in [5.74, 6) is -0.359. The zero-order valence-electron chi connectivity index (χ0n) is 21.5. The number of aromatic nitrogens is 5. The number of aryl methyl sites for hydroxylation is 3. The molecule has 0 fully saturated rings. The second kappa shape index (κ2) is 10.2. The molecule has 0 radical (unpaired) electrons. The predicted octanol–water partition coefficient (Wildman–Crippen LogP) is 5.98. The molecular weight excluding hydrogens is 510 g/mol. The highest BCUT2D eigenvalue weighted by Gasteiger charge is 2.21. The maximum atomic E-state index is 11.6. The number of nitrogens with zero attached hydrogens (tertiary/aromatic N) is 5. The van der Waals surface area contributed by atoms with Crippen LogP contribution in [-0.2, 0) is 18.3 Å². The largest absolute Gasteiger partial charge is 0.481 e. The van der Waals surface area contributed by atoms with Crippen LogP contribution >= 0.6 is 22.9 Å². The normalized spacial score (nSPS) is 11.6. The van der Waals surface area contributed by atoms with E-state index in [9.17, 15) is 9.90 Å². The molecule has 0 aliphatic carbocycles. The minimum absolute atomic E-state index is 0.0791. The lowest BCUT2D eigenvalue weighted by atomic mass is 9.93. The highest BCUT2D eigenvalue weighted by molar-refractivity contribution is 7.22. The molecule has 2 N–H and O–H groups in total. The van der Waals surface area contributed by atoms with Crippen molar-refractivity contribution in [2.75, 3.05) is 0 Å². The Labute approximate surface area is 223 Å². The number of hydrogen-bond donors (Lipinski definition) is 2. The van der Waals surface area contributed by atoms with E-state index in [0.29, 0.717) is 15.9 Å². The summed E-state index contributed by atoms with van der Waals surface area (Å²) in [6, 6.07) is 9.35. The van der Waals surface area contributed by atoms with Gasteiger partial charge in [-0.3, -0.25) is 9.48 Å². The average molecular weight is 538 g/mol. The van der Waals surface area contributed by atoms with E-state index < -0.39 is 11.6 Å². The molecule has 0 saturated heterocycles. The molecule has 8 nitrogen and oxygen atoms in total. The van der Waals surface area contributed by atoms with Gasteiger partial charge in [0.1, 0.15) is 11.0 Å². The summed E-state index contributed by atoms with van der Waals surface area (Å²) < 4.78 is 2.66. The highest BCUT2D eigenvalue weighted by Crippen LogP contribution is 2.40. The van der Waals surface area contributed by atoms with Gasteiger partial charge in [-0.2, -0.15) is 5.10 Å². The van der Waals surface area contributed by atoms with Gasteiger partial charge < -0.3 is 10.2 Å². The number of benzene rings is 2. The van der Waals surface area contributed by atoms with E-state index in [1.165, 1.54) is 11.3 Å². The number of aliphatic hydroxyl groups is 1. The van der Waals surface area contributed by atoms with Gasteiger partial charge in [-0.25, -0.2) is 15.0 Å². The summed E-state index contributed by atoms with van der Waals surface area (Å²) in [4.78, 5) is 25.7. The monoisotopic (exact) mass is 537 g/mol. The Morgan fingerprint density at radius 3 is 2.41 bits per heavy atom. The molecular formula is C27H28ClN5O3S. The molecule has 0 spiro atoms. The van der Waals surface area contributed by atoms with Crippen LogP contribution in [0.25, 0.3) is 43.2 Å². The van der Waals surface area contributed by atoms with Crippen molar-refractivity contribution in [3.05, 3.63) is 58.4 Å². The zero-order valence-corrected chi connectivity index (χ0v) is 23.1. The quantitative estimate of drug-likeness (QED) is 0.290. The van der Waals surface area contributed by atoms with Crippen LogP contribution in [0.3, 0.4) is 0 Å². The molecule has 2 aromatic carbocycles. The van der Waals surface area contributed by atoms with E-state index in [2.05, 4.69) is 10.1 Å². The van der Waals surface area contributed by atoms with E-state index in [1.807, 2.05) is 39.1 Å². The number of carbonyl (C=O) groups is 1. The van der Waals surface area contributed by atoms with Crippen LogP contribution < -0.4 is 0 Å². The lowest BCUT2D eigenvalue weighted by Crippen LogP contribution is -2.10. The molecule has 0 unspecified atom stereocenters. The van der Waals surface area contributed by atoms with Gasteiger partial charge in [-0.05, 0) is 69.5 Å². The number of rotatable bonds is 4. The molecule has 3 aromatic heterocycles. The van der Waals surface area contributed by atoms with Crippen LogP contribution in [0.5, 0.6) is 0 Å². The Morgan fingerprint density at radius 1 is 1.14 bits per heavy atom. The first kappa shape index (κ1) is 26.7. The van der Waals surface area contributed by atoms with Gasteiger partial charge in [-0.1, -0.05) is 23.7 Å². The third-order valence-electron chi connectivity index (χ3n) is 5.42. The van der Waals surface area contributed by atoms with Crippen LogP contribution in [0, 0.1) is 13.8 Å². The minimum atomic E-state index is -0.881. The van der Waals surface area contributed by atoms with E-state index in [0.717, 1.165) is 49.2 Å². The number of carboxylic acids is 1. The summed E-state index contributed by atoms with van der Waals surface area (Å²) in [6.07, 6.45) is 1.68. The van der Waals surface area contributed by atoms with Gasteiger partial charge in [-0.15, -0.1) is 11.3 Å². The molecule has 0 aliphatic rings. The number of carboxylic acid groups (broad SMARTS) is 1. The topological polar surface area (TPSA) is 114 Å². The number of halogens is 1. The third-order valence-corrected chi connectivity index (χ3v) is 6.76. The first-order valence-corrected chi connectivity index (χ1v) is 12.8. The summed E-state index contributed by atoms with van der Waals surface area (Å²) in [5, 5.41) is 23.8. The van der Waals surface area contributed by atoms with E-state index in [-0.39, 0.29) is 6.42 Å². The Bertz CT molecular complexity index is 1610. The fourth-order valence-electron chi connectivity index (χ4n) is 3.94. The highest BCUT2D eigenvalue weighted by atomic mass is 35.5. The summed E-state index contributed by atoms with van der Waals surface area (Å²) in [6.45, 7) is 9.06. The van der Waals surface area contributed by atoms with Crippen LogP contribution in [0.2, 0.25) is 5.02 Å². The van der Waals surface area contributed by atoms with E-state index in [1.54, 1.807) is 43.8 Å². The lowest BCUT2D eigenvalue weighted by molar-refractivity contribution is -0.136. The molecule has 0 saturated carbocycles. The number of hydrogen-bond acceptors (Lipinski definition) is 7. The van der Waals surface area contributed by atoms with Gasteiger partial charge in [0.25, 0.3) is 0 Å². The van der Waals surface area contributed by atoms with Crippen LogP contribution in [0.15, 0.2) is 36.5 Å². The molecule has 0 atom stereocenters.